The molecular formula is C17H25NO4S. The number of carboxylic acid groups (broad SMARTS) is 1. The topological polar surface area (TPSA) is 59.0 Å². The molecule has 0 bridgehead atoms. The smallest absolute Gasteiger partial charge is 0.329 e. The van der Waals surface area contributed by atoms with Gasteiger partial charge in [0.05, 0.1) is 13.2 Å². The highest BCUT2D eigenvalue weighted by molar-refractivity contribution is 7.97. The lowest BCUT2D eigenvalue weighted by Gasteiger charge is -2.32. The Morgan fingerprint density at radius 1 is 1.39 bits per heavy atom. The van der Waals surface area contributed by atoms with E-state index in [0.29, 0.717) is 0 Å². The quantitative estimate of drug-likeness (QED) is 0.803. The number of ether oxygens (including phenoxy) is 2. The summed E-state index contributed by atoms with van der Waals surface area (Å²) in [5.74, 6) is 0.0120. The van der Waals surface area contributed by atoms with E-state index < -0.39 is 5.97 Å². The summed E-state index contributed by atoms with van der Waals surface area (Å²) in [5.41, 5.74) is 3.60. The first-order valence-electron chi connectivity index (χ1n) is 7.83. The van der Waals surface area contributed by atoms with Gasteiger partial charge >= 0.3 is 5.97 Å². The molecule has 0 radical (unpaired) electrons. The second kappa shape index (κ2) is 8.04. The van der Waals surface area contributed by atoms with Gasteiger partial charge < -0.3 is 14.6 Å². The fourth-order valence-corrected chi connectivity index (χ4v) is 4.03. The highest BCUT2D eigenvalue weighted by Crippen LogP contribution is 2.36. The van der Waals surface area contributed by atoms with Crippen molar-refractivity contribution in [2.45, 2.75) is 44.6 Å². The van der Waals surface area contributed by atoms with Crippen molar-refractivity contribution in [3.63, 3.8) is 0 Å². The predicted octanol–water partition coefficient (Wildman–Crippen LogP) is 3.19. The molecule has 1 aliphatic rings. The third-order valence-corrected chi connectivity index (χ3v) is 5.60. The zero-order chi connectivity index (χ0) is 17.0. The molecule has 0 spiro atoms. The number of rotatable bonds is 6. The van der Waals surface area contributed by atoms with Crippen molar-refractivity contribution in [2.24, 2.45) is 0 Å². The summed E-state index contributed by atoms with van der Waals surface area (Å²) < 4.78 is 13.2. The lowest BCUT2D eigenvalue weighted by Crippen LogP contribution is -2.36. The highest BCUT2D eigenvalue weighted by atomic mass is 32.2. The molecule has 1 aromatic carbocycles. The molecule has 1 unspecified atom stereocenters. The number of benzene rings is 1. The molecule has 0 saturated carbocycles. The van der Waals surface area contributed by atoms with Gasteiger partial charge in [-0.05, 0) is 68.3 Å². The number of hydrogen-bond acceptors (Lipinski definition) is 5. The summed E-state index contributed by atoms with van der Waals surface area (Å²) in [6.45, 7) is 7.81. The van der Waals surface area contributed by atoms with Gasteiger partial charge in [-0.1, -0.05) is 0 Å². The van der Waals surface area contributed by atoms with Crippen LogP contribution in [0.5, 0.6) is 5.75 Å². The van der Waals surface area contributed by atoms with Gasteiger partial charge in [0.1, 0.15) is 12.4 Å². The van der Waals surface area contributed by atoms with Crippen LogP contribution in [0.15, 0.2) is 11.0 Å². The van der Waals surface area contributed by atoms with Gasteiger partial charge in [0.25, 0.3) is 0 Å². The maximum Gasteiger partial charge on any atom is 0.329 e. The van der Waals surface area contributed by atoms with Crippen LogP contribution >= 0.6 is 11.9 Å². The molecular weight excluding hydrogens is 314 g/mol. The molecule has 1 aromatic rings. The van der Waals surface area contributed by atoms with E-state index in [-0.39, 0.29) is 12.7 Å². The van der Waals surface area contributed by atoms with Crippen molar-refractivity contribution < 1.29 is 19.4 Å². The van der Waals surface area contributed by atoms with Gasteiger partial charge in [-0.25, -0.2) is 9.10 Å². The molecule has 0 aromatic heterocycles. The first kappa shape index (κ1) is 18.1. The number of carboxylic acids is 1. The first-order valence-corrected chi connectivity index (χ1v) is 8.60. The van der Waals surface area contributed by atoms with Crippen molar-refractivity contribution in [3.8, 4) is 5.75 Å². The second-order valence-electron chi connectivity index (χ2n) is 5.92. The molecule has 0 amide bonds. The molecule has 6 heteroatoms. The Kier molecular flexibility index (Phi) is 6.33. The van der Waals surface area contributed by atoms with E-state index in [4.69, 9.17) is 14.6 Å². The molecule has 1 atom stereocenters. The minimum Gasteiger partial charge on any atom is -0.496 e. The van der Waals surface area contributed by atoms with E-state index in [2.05, 4.69) is 31.1 Å². The summed E-state index contributed by atoms with van der Waals surface area (Å²) in [6.07, 6.45) is 1.93. The Balaban J connectivity index is 2.07. The first-order chi connectivity index (χ1) is 10.9. The van der Waals surface area contributed by atoms with Crippen molar-refractivity contribution >= 4 is 17.9 Å². The zero-order valence-corrected chi connectivity index (χ0v) is 15.0. The molecule has 0 aliphatic carbocycles. The van der Waals surface area contributed by atoms with Gasteiger partial charge in [-0.3, -0.25) is 0 Å². The largest absolute Gasteiger partial charge is 0.496 e. The van der Waals surface area contributed by atoms with Gasteiger partial charge in [-0.15, -0.1) is 0 Å². The minimum atomic E-state index is -0.910. The molecule has 1 heterocycles. The monoisotopic (exact) mass is 339 g/mol. The van der Waals surface area contributed by atoms with Crippen molar-refractivity contribution in [1.29, 1.82) is 0 Å². The Hall–Kier alpha value is -1.24. The number of aryl methyl sites for hydroxylation is 1. The summed E-state index contributed by atoms with van der Waals surface area (Å²) >= 11 is 1.74. The number of aliphatic carboxylic acids is 1. The Bertz CT molecular complexity index is 576. The normalized spacial score (nSPS) is 18.9. The number of nitrogens with zero attached hydrogens (tertiary/aromatic N) is 1. The maximum absolute atomic E-state index is 10.6. The number of piperidine rings is 1. The second-order valence-corrected chi connectivity index (χ2v) is 7.03. The van der Waals surface area contributed by atoms with Crippen LogP contribution in [-0.2, 0) is 9.53 Å². The van der Waals surface area contributed by atoms with Crippen LogP contribution in [0.3, 0.4) is 0 Å². The Morgan fingerprint density at radius 3 is 2.78 bits per heavy atom. The van der Waals surface area contributed by atoms with Crippen LogP contribution in [0, 0.1) is 20.8 Å². The third-order valence-electron chi connectivity index (χ3n) is 4.20. The fourth-order valence-electron chi connectivity index (χ4n) is 2.82. The van der Waals surface area contributed by atoms with Gasteiger partial charge in [0.15, 0.2) is 0 Å². The molecule has 1 fully saturated rings. The van der Waals surface area contributed by atoms with Crippen molar-refractivity contribution in [1.82, 2.24) is 4.31 Å². The van der Waals surface area contributed by atoms with Crippen LogP contribution in [0.2, 0.25) is 0 Å². The summed E-state index contributed by atoms with van der Waals surface area (Å²) in [5, 5.41) is 8.74. The molecule has 5 nitrogen and oxygen atoms in total. The van der Waals surface area contributed by atoms with E-state index in [9.17, 15) is 4.79 Å². The molecule has 1 saturated heterocycles. The molecule has 1 aliphatic heterocycles. The van der Waals surface area contributed by atoms with E-state index in [0.717, 1.165) is 37.2 Å². The van der Waals surface area contributed by atoms with E-state index in [1.54, 1.807) is 19.1 Å². The minimum absolute atomic E-state index is 0.00712. The van der Waals surface area contributed by atoms with Gasteiger partial charge in [0.2, 0.25) is 0 Å². The summed E-state index contributed by atoms with van der Waals surface area (Å²) in [7, 11) is 1.70. The van der Waals surface area contributed by atoms with Crippen molar-refractivity contribution in [2.75, 3.05) is 26.8 Å². The maximum atomic E-state index is 10.6. The molecule has 128 valence electrons. The molecule has 2 rings (SSSR count). The average molecular weight is 339 g/mol. The molecule has 1 N–H and O–H groups in total. The fraction of sp³-hybridized carbons (Fsp3) is 0.588. The predicted molar refractivity (Wildman–Crippen MR) is 91.2 cm³/mol. The number of carbonyl (C=O) groups is 1. The lowest BCUT2D eigenvalue weighted by molar-refractivity contribution is -0.145. The van der Waals surface area contributed by atoms with Gasteiger partial charge in [-0.2, -0.15) is 0 Å². The Labute approximate surface area is 142 Å². The van der Waals surface area contributed by atoms with E-state index >= 15 is 0 Å². The van der Waals surface area contributed by atoms with E-state index in [1.807, 2.05) is 0 Å². The lowest BCUT2D eigenvalue weighted by atomic mass is 10.1. The SMILES string of the molecule is COc1cc(C)c(SN2CCCC(OCC(=O)O)C2)c(C)c1C. The van der Waals surface area contributed by atoms with Crippen molar-refractivity contribution in [3.05, 3.63) is 22.8 Å². The standard InChI is InChI=1S/C17H25NO4S/c1-11-8-15(21-4)12(2)13(3)17(11)23-18-7-5-6-14(9-18)22-10-16(19)20/h8,14H,5-7,9-10H2,1-4H3,(H,19,20). The van der Waals surface area contributed by atoms with Gasteiger partial charge in [0, 0.05) is 18.0 Å². The summed E-state index contributed by atoms with van der Waals surface area (Å²) in [4.78, 5) is 11.9. The molecule has 23 heavy (non-hydrogen) atoms. The average Bonchev–Trinajstić information content (AvgIpc) is 2.53. The van der Waals surface area contributed by atoms with Crippen LogP contribution in [0.1, 0.15) is 29.5 Å². The van der Waals surface area contributed by atoms with E-state index in [1.165, 1.54) is 16.0 Å². The van der Waals surface area contributed by atoms with Crippen LogP contribution in [0.4, 0.5) is 0 Å². The van der Waals surface area contributed by atoms with Crippen LogP contribution in [0.25, 0.3) is 0 Å². The van der Waals surface area contributed by atoms with Crippen LogP contribution in [-0.4, -0.2) is 48.3 Å². The zero-order valence-electron chi connectivity index (χ0n) is 14.2. The number of hydrogen-bond donors (Lipinski definition) is 1. The highest BCUT2D eigenvalue weighted by Gasteiger charge is 2.23. The summed E-state index contributed by atoms with van der Waals surface area (Å²) in [6, 6.07) is 2.08. The third kappa shape index (κ3) is 4.62. The van der Waals surface area contributed by atoms with Crippen LogP contribution < -0.4 is 4.74 Å². The number of methoxy groups -OCH3 is 1. The Morgan fingerprint density at radius 2 is 2.13 bits per heavy atom.